The monoisotopic (exact) mass is 285 g/mol. The molecular weight excluding hydrogens is 266 g/mol. The van der Waals surface area contributed by atoms with Gasteiger partial charge in [0.15, 0.2) is 0 Å². The van der Waals surface area contributed by atoms with Gasteiger partial charge in [0.05, 0.1) is 15.8 Å². The molecule has 0 N–H and O–H groups in total. The number of rotatable bonds is 2. The van der Waals surface area contributed by atoms with E-state index in [1.165, 1.54) is 16.5 Å². The van der Waals surface area contributed by atoms with E-state index in [1.54, 1.807) is 11.8 Å². The summed E-state index contributed by atoms with van der Waals surface area (Å²) < 4.78 is 0. The molecule has 3 heteroatoms. The summed E-state index contributed by atoms with van der Waals surface area (Å²) in [6.07, 6.45) is 3.95. The topological polar surface area (TPSA) is 30.0 Å². The first-order valence-electron chi connectivity index (χ1n) is 7.21. The lowest BCUT2D eigenvalue weighted by Gasteiger charge is -2.19. The van der Waals surface area contributed by atoms with Crippen LogP contribution >= 0.6 is 11.8 Å². The van der Waals surface area contributed by atoms with Gasteiger partial charge in [0, 0.05) is 11.8 Å². The van der Waals surface area contributed by atoms with Crippen molar-refractivity contribution in [2.24, 2.45) is 0 Å². The molecule has 0 radical (unpaired) electrons. The van der Waals surface area contributed by atoms with Crippen molar-refractivity contribution in [1.82, 2.24) is 4.98 Å². The smallest absolute Gasteiger partial charge is 0.146 e. The summed E-state index contributed by atoms with van der Waals surface area (Å²) in [6.45, 7) is 4.21. The molecule has 20 heavy (non-hydrogen) atoms. The van der Waals surface area contributed by atoms with E-state index in [2.05, 4.69) is 38.1 Å². The Balaban J connectivity index is 1.96. The lowest BCUT2D eigenvalue weighted by atomic mass is 9.99. The van der Waals surface area contributed by atoms with Crippen LogP contribution in [-0.4, -0.2) is 16.0 Å². The van der Waals surface area contributed by atoms with Crippen LogP contribution in [0.1, 0.15) is 36.8 Å². The number of fused-ring (bicyclic) bond motifs is 1. The predicted molar refractivity (Wildman–Crippen MR) is 84.3 cm³/mol. The maximum Gasteiger partial charge on any atom is 0.146 e. The summed E-state index contributed by atoms with van der Waals surface area (Å²) in [4.78, 5) is 16.7. The lowest BCUT2D eigenvalue weighted by molar-refractivity contribution is -0.119. The van der Waals surface area contributed by atoms with Crippen molar-refractivity contribution in [2.45, 2.75) is 49.8 Å². The Morgan fingerprint density at radius 1 is 1.20 bits per heavy atom. The number of ketones is 1. The van der Waals surface area contributed by atoms with Gasteiger partial charge in [0.1, 0.15) is 5.78 Å². The molecule has 1 heterocycles. The van der Waals surface area contributed by atoms with Crippen LogP contribution in [0.15, 0.2) is 29.3 Å². The molecule has 2 aromatic rings. The zero-order chi connectivity index (χ0) is 14.1. The zero-order valence-electron chi connectivity index (χ0n) is 12.0. The molecule has 1 aliphatic rings. The number of hydrogen-bond acceptors (Lipinski definition) is 3. The normalized spacial score (nSPS) is 19.5. The van der Waals surface area contributed by atoms with Gasteiger partial charge in [-0.25, -0.2) is 4.98 Å². The summed E-state index contributed by atoms with van der Waals surface area (Å²) in [5.41, 5.74) is 3.51. The molecule has 0 bridgehead atoms. The van der Waals surface area contributed by atoms with Crippen LogP contribution in [0.4, 0.5) is 0 Å². The molecule has 0 aliphatic heterocycles. The highest BCUT2D eigenvalue weighted by Gasteiger charge is 2.23. The molecular formula is C17H19NOS. The third-order valence-corrected chi connectivity index (χ3v) is 5.22. The SMILES string of the molecule is Cc1cc(S[C@H]2CCCCC2=O)nc2c(C)cccc12. The number of carbonyl (C=O) groups excluding carboxylic acids is 1. The third-order valence-electron chi connectivity index (χ3n) is 3.99. The fourth-order valence-corrected chi connectivity index (χ4v) is 4.03. The molecule has 1 aliphatic carbocycles. The highest BCUT2D eigenvalue weighted by molar-refractivity contribution is 8.00. The molecule has 0 spiro atoms. The van der Waals surface area contributed by atoms with Gasteiger partial charge in [0.2, 0.25) is 0 Å². The van der Waals surface area contributed by atoms with Crippen molar-refractivity contribution >= 4 is 28.4 Å². The minimum absolute atomic E-state index is 0.108. The van der Waals surface area contributed by atoms with Crippen LogP contribution in [-0.2, 0) is 4.79 Å². The molecule has 1 atom stereocenters. The second-order valence-electron chi connectivity index (χ2n) is 5.57. The molecule has 1 saturated carbocycles. The fraction of sp³-hybridized carbons (Fsp3) is 0.412. The van der Waals surface area contributed by atoms with Gasteiger partial charge >= 0.3 is 0 Å². The molecule has 1 fully saturated rings. The Morgan fingerprint density at radius 3 is 2.85 bits per heavy atom. The van der Waals surface area contributed by atoms with Gasteiger partial charge in [-0.2, -0.15) is 0 Å². The fourth-order valence-electron chi connectivity index (χ4n) is 2.81. The van der Waals surface area contributed by atoms with E-state index >= 15 is 0 Å². The van der Waals surface area contributed by atoms with Crippen molar-refractivity contribution in [2.75, 3.05) is 0 Å². The van der Waals surface area contributed by atoms with Crippen LogP contribution in [0.5, 0.6) is 0 Å². The van der Waals surface area contributed by atoms with Crippen LogP contribution in [0, 0.1) is 13.8 Å². The molecule has 0 amide bonds. The highest BCUT2D eigenvalue weighted by atomic mass is 32.2. The number of pyridine rings is 1. The Hall–Kier alpha value is -1.35. The quantitative estimate of drug-likeness (QED) is 0.816. The number of hydrogen-bond donors (Lipinski definition) is 0. The van der Waals surface area contributed by atoms with E-state index in [-0.39, 0.29) is 5.25 Å². The maximum atomic E-state index is 12.0. The Kier molecular flexibility index (Phi) is 3.79. The number of benzene rings is 1. The van der Waals surface area contributed by atoms with E-state index in [0.29, 0.717) is 5.78 Å². The lowest BCUT2D eigenvalue weighted by Crippen LogP contribution is -2.21. The number of aromatic nitrogens is 1. The van der Waals surface area contributed by atoms with Gasteiger partial charge < -0.3 is 0 Å². The Labute approximate surface area is 124 Å². The van der Waals surface area contributed by atoms with Crippen LogP contribution in [0.2, 0.25) is 0 Å². The molecule has 0 unspecified atom stereocenters. The first kappa shape index (κ1) is 13.6. The standard InChI is InChI=1S/C17H19NOS/c1-11-6-5-7-13-12(2)10-16(18-17(11)13)20-15-9-4-3-8-14(15)19/h5-7,10,15H,3-4,8-9H2,1-2H3/t15-/m0/s1. The second kappa shape index (κ2) is 5.57. The molecule has 1 aromatic heterocycles. The number of nitrogens with zero attached hydrogens (tertiary/aromatic N) is 1. The summed E-state index contributed by atoms with van der Waals surface area (Å²) in [6, 6.07) is 8.40. The van der Waals surface area contributed by atoms with Crippen molar-refractivity contribution in [1.29, 1.82) is 0 Å². The maximum absolute atomic E-state index is 12.0. The van der Waals surface area contributed by atoms with Gasteiger partial charge in [-0.3, -0.25) is 4.79 Å². The molecule has 3 rings (SSSR count). The first-order valence-corrected chi connectivity index (χ1v) is 8.09. The average Bonchev–Trinajstić information content (AvgIpc) is 2.43. The zero-order valence-corrected chi connectivity index (χ0v) is 12.8. The predicted octanol–water partition coefficient (Wildman–Crippen LogP) is 4.46. The Morgan fingerprint density at radius 2 is 2.05 bits per heavy atom. The molecule has 104 valence electrons. The number of Topliss-reactive ketones (excluding diaryl/α,β-unsaturated/α-hetero) is 1. The summed E-state index contributed by atoms with van der Waals surface area (Å²) in [5, 5.41) is 2.31. The molecule has 1 aromatic carbocycles. The van der Waals surface area contributed by atoms with Gasteiger partial charge in [-0.05, 0) is 43.9 Å². The van der Waals surface area contributed by atoms with Crippen LogP contribution < -0.4 is 0 Å². The number of carbonyl (C=O) groups is 1. The van der Waals surface area contributed by atoms with Gasteiger partial charge in [0.25, 0.3) is 0 Å². The van der Waals surface area contributed by atoms with Crippen molar-refractivity contribution < 1.29 is 4.79 Å². The number of aryl methyl sites for hydroxylation is 2. The van der Waals surface area contributed by atoms with Crippen molar-refractivity contribution in [3.8, 4) is 0 Å². The molecule has 2 nitrogen and oxygen atoms in total. The summed E-state index contributed by atoms with van der Waals surface area (Å²) in [5.74, 6) is 0.394. The minimum Gasteiger partial charge on any atom is -0.298 e. The first-order chi connectivity index (χ1) is 9.65. The largest absolute Gasteiger partial charge is 0.298 e. The second-order valence-corrected chi connectivity index (χ2v) is 6.79. The summed E-state index contributed by atoms with van der Waals surface area (Å²) >= 11 is 1.65. The highest BCUT2D eigenvalue weighted by Crippen LogP contribution is 2.33. The average molecular weight is 285 g/mol. The molecule has 0 saturated heterocycles. The van der Waals surface area contributed by atoms with Crippen molar-refractivity contribution in [3.63, 3.8) is 0 Å². The van der Waals surface area contributed by atoms with E-state index in [9.17, 15) is 4.79 Å². The van der Waals surface area contributed by atoms with E-state index in [0.717, 1.165) is 36.2 Å². The van der Waals surface area contributed by atoms with Crippen molar-refractivity contribution in [3.05, 3.63) is 35.4 Å². The summed E-state index contributed by atoms with van der Waals surface area (Å²) in [7, 11) is 0. The van der Waals surface area contributed by atoms with E-state index < -0.39 is 0 Å². The van der Waals surface area contributed by atoms with Gasteiger partial charge in [-0.1, -0.05) is 36.4 Å². The van der Waals surface area contributed by atoms with Gasteiger partial charge in [-0.15, -0.1) is 0 Å². The Bertz CT molecular complexity index is 665. The van der Waals surface area contributed by atoms with E-state index in [1.807, 2.05) is 0 Å². The van der Waals surface area contributed by atoms with Crippen LogP contribution in [0.25, 0.3) is 10.9 Å². The third kappa shape index (κ3) is 2.59. The van der Waals surface area contributed by atoms with E-state index in [4.69, 9.17) is 4.98 Å². The minimum atomic E-state index is 0.108. The number of thioether (sulfide) groups is 1. The number of para-hydroxylation sites is 1. The van der Waals surface area contributed by atoms with Crippen LogP contribution in [0.3, 0.4) is 0 Å².